The van der Waals surface area contributed by atoms with Crippen molar-refractivity contribution >= 4 is 48.1 Å². The second kappa shape index (κ2) is 25.7. The Labute approximate surface area is 382 Å². The van der Waals surface area contributed by atoms with Crippen LogP contribution >= 0.6 is 0 Å². The fourth-order valence-corrected chi connectivity index (χ4v) is 4.90. The molecule has 0 heterocycles. The van der Waals surface area contributed by atoms with Crippen molar-refractivity contribution in [2.75, 3.05) is 52.6 Å². The molecule has 0 unspecified atom stereocenters. The van der Waals surface area contributed by atoms with E-state index in [-0.39, 0.29) is 52.6 Å². The Balaban J connectivity index is 2.11. The number of allylic oxidation sites excluding steroid dienone is 2. The summed E-state index contributed by atoms with van der Waals surface area (Å²) in [5.41, 5.74) is -1.52. The molecule has 2 rings (SSSR count). The van der Waals surface area contributed by atoms with Gasteiger partial charge in [-0.2, -0.15) is 0 Å². The van der Waals surface area contributed by atoms with E-state index in [1.165, 1.54) is 24.3 Å². The fraction of sp³-hybridized carbons (Fsp3) is 0.532. The van der Waals surface area contributed by atoms with Crippen LogP contribution in [0.3, 0.4) is 0 Å². The van der Waals surface area contributed by atoms with Crippen LogP contribution in [0, 0.1) is 0 Å². The molecule has 65 heavy (non-hydrogen) atoms. The fourth-order valence-electron chi connectivity index (χ4n) is 4.90. The third-order valence-corrected chi connectivity index (χ3v) is 7.32. The van der Waals surface area contributed by atoms with Crippen molar-refractivity contribution < 1.29 is 66.7 Å². The van der Waals surface area contributed by atoms with Gasteiger partial charge in [-0.05, 0) is 131 Å². The number of ether oxygens (including phenoxy) is 8. The third kappa shape index (κ3) is 26.7. The van der Waals surface area contributed by atoms with Crippen LogP contribution in [0.15, 0.2) is 48.6 Å². The van der Waals surface area contributed by atoms with E-state index in [4.69, 9.17) is 37.9 Å². The minimum Gasteiger partial charge on any atom is -0.488 e. The first-order chi connectivity index (χ1) is 30.2. The van der Waals surface area contributed by atoms with Crippen LogP contribution in [0.5, 0.6) is 23.0 Å². The summed E-state index contributed by atoms with van der Waals surface area (Å²) in [4.78, 5) is 74.0. The van der Waals surface area contributed by atoms with Gasteiger partial charge in [-0.25, -0.2) is 19.2 Å². The normalized spacial score (nSPS) is 11.9. The Morgan fingerprint density at radius 3 is 0.938 bits per heavy atom. The van der Waals surface area contributed by atoms with Crippen molar-refractivity contribution in [1.82, 2.24) is 21.3 Å². The predicted octanol–water partition coefficient (Wildman–Crippen LogP) is 7.56. The summed E-state index contributed by atoms with van der Waals surface area (Å²) in [5, 5.41) is 10.5. The smallest absolute Gasteiger partial charge is 0.407 e. The summed E-state index contributed by atoms with van der Waals surface area (Å²) >= 11 is 0. The first-order valence-electron chi connectivity index (χ1n) is 21.2. The van der Waals surface area contributed by atoms with Crippen LogP contribution in [0.25, 0.3) is 12.2 Å². The van der Waals surface area contributed by atoms with Crippen molar-refractivity contribution in [3.8, 4) is 23.0 Å². The van der Waals surface area contributed by atoms with Gasteiger partial charge in [-0.3, -0.25) is 9.59 Å². The van der Waals surface area contributed by atoms with E-state index in [1.807, 2.05) is 0 Å². The van der Waals surface area contributed by atoms with E-state index in [2.05, 4.69) is 21.3 Å². The van der Waals surface area contributed by atoms with Gasteiger partial charge in [0.25, 0.3) is 0 Å². The maximum atomic E-state index is 12.9. The van der Waals surface area contributed by atoms with Crippen molar-refractivity contribution in [3.63, 3.8) is 0 Å². The van der Waals surface area contributed by atoms with E-state index in [1.54, 1.807) is 119 Å². The summed E-state index contributed by atoms with van der Waals surface area (Å²) in [7, 11) is 0. The highest BCUT2D eigenvalue weighted by atomic mass is 16.6. The maximum absolute atomic E-state index is 12.9. The molecule has 2 aromatic rings. The lowest BCUT2D eigenvalue weighted by molar-refractivity contribution is -0.121. The molecule has 0 radical (unpaired) electrons. The van der Waals surface area contributed by atoms with Gasteiger partial charge in [0.2, 0.25) is 0 Å². The molecule has 0 aromatic heterocycles. The zero-order valence-electron chi connectivity index (χ0n) is 39.9. The minimum absolute atomic E-state index is 0.0563. The number of amides is 4. The lowest BCUT2D eigenvalue weighted by Crippen LogP contribution is -2.35. The molecule has 0 aliphatic carbocycles. The molecule has 0 bridgehead atoms. The number of alkyl carbamates (subject to hydrolysis) is 4. The van der Waals surface area contributed by atoms with Gasteiger partial charge < -0.3 is 59.2 Å². The van der Waals surface area contributed by atoms with Crippen LogP contribution < -0.4 is 40.2 Å². The van der Waals surface area contributed by atoms with Gasteiger partial charge in [0, 0.05) is 0 Å². The molecule has 4 amide bonds. The van der Waals surface area contributed by atoms with Gasteiger partial charge in [0.1, 0.15) is 48.8 Å². The molecule has 4 N–H and O–H groups in total. The van der Waals surface area contributed by atoms with Gasteiger partial charge in [0.15, 0.2) is 34.6 Å². The van der Waals surface area contributed by atoms with Crippen molar-refractivity contribution in [2.45, 2.75) is 112 Å². The molecular weight excluding hydrogens is 845 g/mol. The molecule has 0 saturated carbocycles. The van der Waals surface area contributed by atoms with Gasteiger partial charge >= 0.3 is 24.4 Å². The van der Waals surface area contributed by atoms with E-state index in [9.17, 15) is 28.8 Å². The lowest BCUT2D eigenvalue weighted by atomic mass is 10.1. The zero-order valence-corrected chi connectivity index (χ0v) is 39.9. The zero-order chi connectivity index (χ0) is 48.8. The van der Waals surface area contributed by atoms with Crippen LogP contribution in [0.2, 0.25) is 0 Å². The Bertz CT molecular complexity index is 1830. The second-order valence-corrected chi connectivity index (χ2v) is 18.3. The van der Waals surface area contributed by atoms with Crippen LogP contribution in [-0.4, -0.2) is 111 Å². The molecular formula is C47H68N4O14. The standard InChI is InChI=1S/C47H68N4O14/c1-44(2,3)62-40(54)48-21-25-58-36-19-15-32(29-38(36)60-27-23-50-42(56)64-46(7,8)9)13-17-34(52)31-35(53)18-14-33-16-20-37(59-26-22-49-41(55)63-45(4,5)6)39(30-33)61-28-24-51-43(57)65-47(10,11)12/h13-20,29-30H,21-28,31H2,1-12H3,(H,48,54)(H,49,55)(H,50,56)(H,51,57)/b17-13+,18-14+. The van der Waals surface area contributed by atoms with Gasteiger partial charge in [-0.1, -0.05) is 24.3 Å². The van der Waals surface area contributed by atoms with E-state index >= 15 is 0 Å². The van der Waals surface area contributed by atoms with Gasteiger partial charge in [0.05, 0.1) is 32.6 Å². The number of hydrogen-bond donors (Lipinski definition) is 4. The molecule has 0 aliphatic rings. The molecule has 2 aromatic carbocycles. The molecule has 0 aliphatic heterocycles. The second-order valence-electron chi connectivity index (χ2n) is 18.3. The Hall–Kier alpha value is -6.46. The Morgan fingerprint density at radius 1 is 0.415 bits per heavy atom. The number of carbonyl (C=O) groups excluding carboxylic acids is 6. The molecule has 0 saturated heterocycles. The Morgan fingerprint density at radius 2 is 0.677 bits per heavy atom. The summed E-state index contributed by atoms with van der Waals surface area (Å²) in [6, 6.07) is 9.91. The van der Waals surface area contributed by atoms with Gasteiger partial charge in [-0.15, -0.1) is 0 Å². The number of benzene rings is 2. The predicted molar refractivity (Wildman–Crippen MR) is 245 cm³/mol. The summed E-state index contributed by atoms with van der Waals surface area (Å²) in [5.74, 6) is 0.387. The average Bonchev–Trinajstić information content (AvgIpc) is 3.15. The highest BCUT2D eigenvalue weighted by Crippen LogP contribution is 2.30. The molecule has 18 heteroatoms. The summed E-state index contributed by atoms with van der Waals surface area (Å²) in [6.45, 7) is 21.9. The first-order valence-corrected chi connectivity index (χ1v) is 21.2. The number of hydrogen-bond acceptors (Lipinski definition) is 14. The number of carbonyl (C=O) groups is 6. The van der Waals surface area contributed by atoms with Crippen molar-refractivity contribution in [1.29, 1.82) is 0 Å². The van der Waals surface area contributed by atoms with E-state index in [0.717, 1.165) is 0 Å². The van der Waals surface area contributed by atoms with Crippen molar-refractivity contribution in [2.24, 2.45) is 0 Å². The topological polar surface area (TPSA) is 224 Å². The van der Waals surface area contributed by atoms with Crippen LogP contribution in [0.4, 0.5) is 19.2 Å². The number of nitrogens with one attached hydrogen (secondary N) is 4. The van der Waals surface area contributed by atoms with Crippen molar-refractivity contribution in [3.05, 3.63) is 59.7 Å². The monoisotopic (exact) mass is 912 g/mol. The Kier molecular flexibility index (Phi) is 21.6. The highest BCUT2D eigenvalue weighted by molar-refractivity contribution is 6.10. The number of ketones is 2. The highest BCUT2D eigenvalue weighted by Gasteiger charge is 2.19. The largest absolute Gasteiger partial charge is 0.488 e. The average molecular weight is 913 g/mol. The lowest BCUT2D eigenvalue weighted by Gasteiger charge is -2.20. The summed E-state index contributed by atoms with van der Waals surface area (Å²) < 4.78 is 44.6. The number of rotatable bonds is 22. The molecule has 0 spiro atoms. The van der Waals surface area contributed by atoms with E-state index in [0.29, 0.717) is 34.1 Å². The molecule has 18 nitrogen and oxygen atoms in total. The SMILES string of the molecule is CC(C)(C)OC(=O)NCCOc1ccc(/C=C/C(=O)CC(=O)/C=C/c2ccc(OCCNC(=O)OC(C)(C)C)c(OCCNC(=O)OC(C)(C)C)c2)cc1OCCNC(=O)OC(C)(C)C. The minimum atomic E-state index is -0.669. The summed E-state index contributed by atoms with van der Waals surface area (Å²) in [6.07, 6.45) is 2.83. The maximum Gasteiger partial charge on any atom is 0.407 e. The molecule has 360 valence electrons. The first kappa shape index (κ1) is 54.7. The quantitative estimate of drug-likeness (QED) is 0.0387. The molecule has 0 atom stereocenters. The van der Waals surface area contributed by atoms with Crippen LogP contribution in [-0.2, 0) is 28.5 Å². The van der Waals surface area contributed by atoms with Crippen LogP contribution in [0.1, 0.15) is 101 Å². The third-order valence-electron chi connectivity index (χ3n) is 7.32. The van der Waals surface area contributed by atoms with E-state index < -0.39 is 64.8 Å². The molecule has 0 fully saturated rings.